The molecule has 2 aromatic rings. The lowest BCUT2D eigenvalue weighted by molar-refractivity contribution is 0.112. The van der Waals surface area contributed by atoms with Gasteiger partial charge in [-0.3, -0.25) is 4.79 Å². The molecule has 3 heteroatoms. The van der Waals surface area contributed by atoms with Crippen molar-refractivity contribution in [3.05, 3.63) is 59.2 Å². The Hall–Kier alpha value is -2.29. The normalized spacial score (nSPS) is 12.9. The van der Waals surface area contributed by atoms with Crippen LogP contribution in [0.5, 0.6) is 0 Å². The maximum absolute atomic E-state index is 11.0. The van der Waals surface area contributed by atoms with E-state index < -0.39 is 0 Å². The molecule has 3 rings (SSSR count). The van der Waals surface area contributed by atoms with Gasteiger partial charge in [0.2, 0.25) is 0 Å². The second-order valence-electron chi connectivity index (χ2n) is 6.34. The van der Waals surface area contributed by atoms with E-state index in [4.69, 9.17) is 0 Å². The third kappa shape index (κ3) is 6.91. The van der Waals surface area contributed by atoms with Gasteiger partial charge in [-0.1, -0.05) is 43.2 Å². The summed E-state index contributed by atoms with van der Waals surface area (Å²) < 4.78 is 0. The predicted molar refractivity (Wildman–Crippen MR) is 115 cm³/mol. The van der Waals surface area contributed by atoms with E-state index in [0.717, 1.165) is 36.2 Å². The minimum atomic E-state index is 0.830. The molecule has 0 bridgehead atoms. The Balaban J connectivity index is 0.000000263. The van der Waals surface area contributed by atoms with Crippen LogP contribution in [-0.2, 0) is 0 Å². The molecular weight excluding hydrogens is 320 g/mol. The van der Waals surface area contributed by atoms with Crippen molar-refractivity contribution in [3.63, 3.8) is 0 Å². The zero-order valence-electron chi connectivity index (χ0n) is 17.0. The van der Waals surface area contributed by atoms with Crippen molar-refractivity contribution in [1.29, 1.82) is 0 Å². The van der Waals surface area contributed by atoms with Crippen molar-refractivity contribution < 1.29 is 4.79 Å². The number of nitrogens with zero attached hydrogens (tertiary/aromatic N) is 1. The van der Waals surface area contributed by atoms with Gasteiger partial charge < -0.3 is 10.2 Å². The molecule has 0 aromatic heterocycles. The largest absolute Gasteiger partial charge is 0.388 e. The quantitative estimate of drug-likeness (QED) is 0.701. The van der Waals surface area contributed by atoms with Gasteiger partial charge >= 0.3 is 0 Å². The van der Waals surface area contributed by atoms with Gasteiger partial charge in [-0.05, 0) is 57.4 Å². The summed E-state index contributed by atoms with van der Waals surface area (Å²) in [5.74, 6) is 0. The van der Waals surface area contributed by atoms with E-state index in [0.29, 0.717) is 0 Å². The minimum absolute atomic E-state index is 0.830. The number of nitrogens with one attached hydrogen (secondary N) is 1. The number of hydrogen-bond acceptors (Lipinski definition) is 3. The van der Waals surface area contributed by atoms with Gasteiger partial charge in [-0.2, -0.15) is 0 Å². The lowest BCUT2D eigenvalue weighted by Crippen LogP contribution is -2.30. The van der Waals surface area contributed by atoms with Crippen molar-refractivity contribution in [1.82, 2.24) is 0 Å². The summed E-state index contributed by atoms with van der Waals surface area (Å²) in [7, 11) is 1.92. The molecule has 1 fully saturated rings. The number of benzene rings is 2. The molecule has 0 amide bonds. The Morgan fingerprint density at radius 1 is 0.885 bits per heavy atom. The zero-order chi connectivity index (χ0) is 19.4. The molecule has 1 aliphatic rings. The van der Waals surface area contributed by atoms with Crippen LogP contribution in [0.4, 0.5) is 11.4 Å². The lowest BCUT2D eigenvalue weighted by Gasteiger charge is -2.29. The van der Waals surface area contributed by atoms with Crippen LogP contribution in [0.25, 0.3) is 0 Å². The van der Waals surface area contributed by atoms with Crippen LogP contribution in [0.2, 0.25) is 0 Å². The van der Waals surface area contributed by atoms with E-state index in [2.05, 4.69) is 53.5 Å². The van der Waals surface area contributed by atoms with E-state index >= 15 is 0 Å². The monoisotopic (exact) mass is 354 g/mol. The number of aryl methyl sites for hydroxylation is 2. The summed E-state index contributed by atoms with van der Waals surface area (Å²) in [5, 5.41) is 3.05. The van der Waals surface area contributed by atoms with Crippen molar-refractivity contribution in [2.75, 3.05) is 30.4 Å². The van der Waals surface area contributed by atoms with Crippen LogP contribution >= 0.6 is 0 Å². The Morgan fingerprint density at radius 2 is 1.46 bits per heavy atom. The van der Waals surface area contributed by atoms with E-state index in [-0.39, 0.29) is 0 Å². The number of anilines is 2. The molecule has 3 nitrogen and oxygen atoms in total. The molecule has 0 atom stereocenters. The molecule has 142 valence electrons. The van der Waals surface area contributed by atoms with Crippen LogP contribution in [-0.4, -0.2) is 26.4 Å². The number of carbonyl (C=O) groups is 1. The Kier molecular flexibility index (Phi) is 10.1. The Labute approximate surface area is 159 Å². The first-order valence-electron chi connectivity index (χ1n) is 9.69. The Bertz CT molecular complexity index is 644. The standard InChI is InChI=1S/C13H17NO.C8H11N.C2H6/c1-11-5-6-13(12(9-11)10-15)14-7-3-2-4-8-14;1-7-3-5-8(9-2)6-4-7;1-2/h5-6,9-10H,2-4,7-8H2,1H3;3-6,9H,1-2H3;1-2H3. The van der Waals surface area contributed by atoms with Crippen LogP contribution in [0.1, 0.15) is 54.6 Å². The highest BCUT2D eigenvalue weighted by Crippen LogP contribution is 2.23. The fourth-order valence-corrected chi connectivity index (χ4v) is 2.91. The van der Waals surface area contributed by atoms with Crippen LogP contribution in [0.3, 0.4) is 0 Å². The van der Waals surface area contributed by atoms with Gasteiger partial charge in [0.15, 0.2) is 6.29 Å². The molecule has 0 unspecified atom stereocenters. The molecule has 0 aliphatic carbocycles. The SMILES string of the molecule is CC.CNc1ccc(C)cc1.Cc1ccc(N2CCCCC2)c(C=O)c1. The van der Waals surface area contributed by atoms with Crippen molar-refractivity contribution >= 4 is 17.7 Å². The first-order valence-corrected chi connectivity index (χ1v) is 9.69. The predicted octanol–water partition coefficient (Wildman–Crippen LogP) is 5.86. The number of carbonyl (C=O) groups excluding carboxylic acids is 1. The van der Waals surface area contributed by atoms with Gasteiger partial charge in [0, 0.05) is 37.1 Å². The summed E-state index contributed by atoms with van der Waals surface area (Å²) in [6, 6.07) is 14.4. The fraction of sp³-hybridized carbons (Fsp3) is 0.435. The smallest absolute Gasteiger partial charge is 0.152 e. The number of piperidine rings is 1. The zero-order valence-corrected chi connectivity index (χ0v) is 17.0. The van der Waals surface area contributed by atoms with Crippen LogP contribution in [0, 0.1) is 13.8 Å². The first-order chi connectivity index (χ1) is 12.6. The van der Waals surface area contributed by atoms with Crippen LogP contribution < -0.4 is 10.2 Å². The average molecular weight is 355 g/mol. The van der Waals surface area contributed by atoms with Crippen molar-refractivity contribution in [3.8, 4) is 0 Å². The molecular formula is C23H34N2O. The van der Waals surface area contributed by atoms with E-state index in [1.807, 2.05) is 33.9 Å². The second-order valence-corrected chi connectivity index (χ2v) is 6.34. The Morgan fingerprint density at radius 3 is 2.00 bits per heavy atom. The van der Waals surface area contributed by atoms with Gasteiger partial charge in [-0.15, -0.1) is 0 Å². The molecule has 0 radical (unpaired) electrons. The summed E-state index contributed by atoms with van der Waals surface area (Å²) in [6.45, 7) is 10.3. The van der Waals surface area contributed by atoms with Crippen molar-refractivity contribution in [2.24, 2.45) is 0 Å². The molecule has 26 heavy (non-hydrogen) atoms. The van der Waals surface area contributed by atoms with E-state index in [1.54, 1.807) is 0 Å². The fourth-order valence-electron chi connectivity index (χ4n) is 2.91. The molecule has 0 spiro atoms. The van der Waals surface area contributed by atoms with Gasteiger partial charge in [0.25, 0.3) is 0 Å². The summed E-state index contributed by atoms with van der Waals surface area (Å²) in [6.07, 6.45) is 4.77. The lowest BCUT2D eigenvalue weighted by atomic mass is 10.1. The van der Waals surface area contributed by atoms with Gasteiger partial charge in [0.1, 0.15) is 0 Å². The maximum atomic E-state index is 11.0. The molecule has 1 aliphatic heterocycles. The third-order valence-electron chi connectivity index (χ3n) is 4.35. The highest BCUT2D eigenvalue weighted by Gasteiger charge is 2.13. The number of hydrogen-bond donors (Lipinski definition) is 1. The molecule has 1 N–H and O–H groups in total. The summed E-state index contributed by atoms with van der Waals surface area (Å²) >= 11 is 0. The topological polar surface area (TPSA) is 32.3 Å². The molecule has 1 saturated heterocycles. The first kappa shape index (κ1) is 21.8. The molecule has 0 saturated carbocycles. The van der Waals surface area contributed by atoms with E-state index in [9.17, 15) is 4.79 Å². The number of aldehydes is 1. The average Bonchev–Trinajstić information content (AvgIpc) is 2.71. The highest BCUT2D eigenvalue weighted by molar-refractivity contribution is 5.85. The van der Waals surface area contributed by atoms with Crippen LogP contribution in [0.15, 0.2) is 42.5 Å². The maximum Gasteiger partial charge on any atom is 0.152 e. The highest BCUT2D eigenvalue weighted by atomic mass is 16.1. The number of rotatable bonds is 3. The second kappa shape index (κ2) is 12.1. The third-order valence-corrected chi connectivity index (χ3v) is 4.35. The minimum Gasteiger partial charge on any atom is -0.388 e. The summed E-state index contributed by atoms with van der Waals surface area (Å²) in [4.78, 5) is 13.3. The van der Waals surface area contributed by atoms with Gasteiger partial charge in [0.05, 0.1) is 0 Å². The van der Waals surface area contributed by atoms with Gasteiger partial charge in [-0.25, -0.2) is 0 Å². The molecule has 1 heterocycles. The van der Waals surface area contributed by atoms with Crippen molar-refractivity contribution in [2.45, 2.75) is 47.0 Å². The summed E-state index contributed by atoms with van der Waals surface area (Å²) in [5.41, 5.74) is 5.56. The molecule has 2 aromatic carbocycles. The van der Waals surface area contributed by atoms with E-state index in [1.165, 1.54) is 30.5 Å².